The van der Waals surface area contributed by atoms with Gasteiger partial charge in [-0.3, -0.25) is 4.98 Å². The van der Waals surface area contributed by atoms with E-state index in [1.807, 2.05) is 25.1 Å². The second-order valence-corrected chi connectivity index (χ2v) is 3.95. The first-order valence-electron chi connectivity index (χ1n) is 5.49. The zero-order chi connectivity index (χ0) is 13.0. The molecule has 0 bridgehead atoms. The second-order valence-electron chi connectivity index (χ2n) is 3.95. The van der Waals surface area contributed by atoms with Crippen molar-refractivity contribution < 1.29 is 9.63 Å². The van der Waals surface area contributed by atoms with Crippen LogP contribution in [0.1, 0.15) is 17.9 Å². The summed E-state index contributed by atoms with van der Waals surface area (Å²) in [5.41, 5.74) is 1.68. The minimum Gasteiger partial charge on any atom is -0.392 e. The fourth-order valence-electron chi connectivity index (χ4n) is 1.48. The normalized spacial score (nSPS) is 12.1. The number of aliphatic hydroxyl groups excluding tert-OH is 1. The van der Waals surface area contributed by atoms with Crippen molar-refractivity contribution in [2.75, 3.05) is 0 Å². The van der Waals surface area contributed by atoms with Gasteiger partial charge in [0.2, 0.25) is 11.7 Å². The van der Waals surface area contributed by atoms with E-state index in [9.17, 15) is 5.11 Å². The Morgan fingerprint density at radius 3 is 3.11 bits per heavy atom. The SMILES string of the molecule is Cc1ccnc(-c2noc(CC(O)CC#N)n2)c1. The van der Waals surface area contributed by atoms with Crippen LogP contribution in [0.5, 0.6) is 0 Å². The third-order valence-electron chi connectivity index (χ3n) is 2.35. The number of pyridine rings is 1. The average molecular weight is 244 g/mol. The first-order chi connectivity index (χ1) is 8.69. The van der Waals surface area contributed by atoms with E-state index in [-0.39, 0.29) is 12.8 Å². The van der Waals surface area contributed by atoms with Crippen LogP contribution in [-0.4, -0.2) is 26.3 Å². The molecule has 18 heavy (non-hydrogen) atoms. The lowest BCUT2D eigenvalue weighted by Gasteiger charge is -1.99. The molecule has 0 amide bonds. The maximum absolute atomic E-state index is 9.46. The van der Waals surface area contributed by atoms with Crippen molar-refractivity contribution in [3.05, 3.63) is 29.8 Å². The molecule has 0 aliphatic rings. The lowest BCUT2D eigenvalue weighted by molar-refractivity contribution is 0.167. The summed E-state index contributed by atoms with van der Waals surface area (Å²) in [5, 5.41) is 21.7. The number of nitriles is 1. The highest BCUT2D eigenvalue weighted by Crippen LogP contribution is 2.14. The largest absolute Gasteiger partial charge is 0.392 e. The Hall–Kier alpha value is -2.26. The zero-order valence-corrected chi connectivity index (χ0v) is 9.87. The molecule has 0 saturated carbocycles. The van der Waals surface area contributed by atoms with Gasteiger partial charge in [-0.05, 0) is 24.6 Å². The third-order valence-corrected chi connectivity index (χ3v) is 2.35. The van der Waals surface area contributed by atoms with Crippen molar-refractivity contribution in [3.63, 3.8) is 0 Å². The standard InChI is InChI=1S/C12H12N4O2/c1-8-3-5-14-10(6-8)12-15-11(18-16-12)7-9(17)2-4-13/h3,5-6,9,17H,2,7H2,1H3. The summed E-state index contributed by atoms with van der Waals surface area (Å²) >= 11 is 0. The molecular weight excluding hydrogens is 232 g/mol. The van der Waals surface area contributed by atoms with Crippen molar-refractivity contribution >= 4 is 0 Å². The average Bonchev–Trinajstić information content (AvgIpc) is 2.78. The molecule has 0 aliphatic carbocycles. The van der Waals surface area contributed by atoms with E-state index < -0.39 is 6.10 Å². The van der Waals surface area contributed by atoms with Crippen LogP contribution < -0.4 is 0 Å². The number of hydrogen-bond acceptors (Lipinski definition) is 6. The van der Waals surface area contributed by atoms with Gasteiger partial charge in [0.1, 0.15) is 5.69 Å². The van der Waals surface area contributed by atoms with Crippen molar-refractivity contribution in [1.82, 2.24) is 15.1 Å². The molecule has 1 unspecified atom stereocenters. The first-order valence-corrected chi connectivity index (χ1v) is 5.49. The van der Waals surface area contributed by atoms with Crippen molar-refractivity contribution in [2.24, 2.45) is 0 Å². The van der Waals surface area contributed by atoms with Gasteiger partial charge in [-0.1, -0.05) is 5.16 Å². The fraction of sp³-hybridized carbons (Fsp3) is 0.333. The van der Waals surface area contributed by atoms with Crippen LogP contribution in [0, 0.1) is 18.3 Å². The van der Waals surface area contributed by atoms with Gasteiger partial charge < -0.3 is 9.63 Å². The topological polar surface area (TPSA) is 95.8 Å². The fourth-order valence-corrected chi connectivity index (χ4v) is 1.48. The van der Waals surface area contributed by atoms with E-state index in [0.717, 1.165) is 5.56 Å². The number of aryl methyl sites for hydroxylation is 1. The minimum absolute atomic E-state index is 0.0421. The molecule has 0 spiro atoms. The molecule has 0 radical (unpaired) electrons. The van der Waals surface area contributed by atoms with Crippen LogP contribution in [-0.2, 0) is 6.42 Å². The Kier molecular flexibility index (Phi) is 3.65. The van der Waals surface area contributed by atoms with Crippen LogP contribution in [0.2, 0.25) is 0 Å². The van der Waals surface area contributed by atoms with Crippen molar-refractivity contribution in [2.45, 2.75) is 25.9 Å². The monoisotopic (exact) mass is 244 g/mol. The molecule has 1 atom stereocenters. The summed E-state index contributed by atoms with van der Waals surface area (Å²) in [6, 6.07) is 5.61. The number of nitrogens with zero attached hydrogens (tertiary/aromatic N) is 4. The number of aliphatic hydroxyl groups is 1. The Bertz CT molecular complexity index is 573. The van der Waals surface area contributed by atoms with Gasteiger partial charge in [-0.2, -0.15) is 10.2 Å². The quantitative estimate of drug-likeness (QED) is 0.869. The molecule has 0 fully saturated rings. The maximum Gasteiger partial charge on any atom is 0.229 e. The smallest absolute Gasteiger partial charge is 0.229 e. The van der Waals surface area contributed by atoms with Gasteiger partial charge in [-0.15, -0.1) is 0 Å². The van der Waals surface area contributed by atoms with Crippen LogP contribution in [0.3, 0.4) is 0 Å². The van der Waals surface area contributed by atoms with Gasteiger partial charge in [0.25, 0.3) is 0 Å². The van der Waals surface area contributed by atoms with E-state index in [4.69, 9.17) is 9.78 Å². The molecule has 2 heterocycles. The Morgan fingerprint density at radius 2 is 2.39 bits per heavy atom. The van der Waals surface area contributed by atoms with Gasteiger partial charge in [0.15, 0.2) is 0 Å². The van der Waals surface area contributed by atoms with E-state index in [1.165, 1.54) is 0 Å². The van der Waals surface area contributed by atoms with E-state index in [2.05, 4.69) is 15.1 Å². The Morgan fingerprint density at radius 1 is 1.56 bits per heavy atom. The first kappa shape index (κ1) is 12.2. The predicted octanol–water partition coefficient (Wildman–Crippen LogP) is 1.26. The molecule has 1 N–H and O–H groups in total. The highest BCUT2D eigenvalue weighted by molar-refractivity contribution is 5.48. The molecule has 2 aromatic heterocycles. The predicted molar refractivity (Wildman–Crippen MR) is 62.2 cm³/mol. The van der Waals surface area contributed by atoms with Gasteiger partial charge >= 0.3 is 0 Å². The molecule has 0 saturated heterocycles. The summed E-state index contributed by atoms with van der Waals surface area (Å²) in [5.74, 6) is 0.689. The molecule has 92 valence electrons. The zero-order valence-electron chi connectivity index (χ0n) is 9.87. The summed E-state index contributed by atoms with van der Waals surface area (Å²) in [6.45, 7) is 1.95. The number of aromatic nitrogens is 3. The minimum atomic E-state index is -0.784. The third kappa shape index (κ3) is 2.90. The van der Waals surface area contributed by atoms with Gasteiger partial charge in [0, 0.05) is 6.20 Å². The number of hydrogen-bond donors (Lipinski definition) is 1. The van der Waals surface area contributed by atoms with Crippen LogP contribution >= 0.6 is 0 Å². The molecule has 0 aliphatic heterocycles. The van der Waals surface area contributed by atoms with Crippen molar-refractivity contribution in [1.29, 1.82) is 5.26 Å². The molecule has 2 aromatic rings. The Labute approximate surface area is 104 Å². The van der Waals surface area contributed by atoms with Crippen LogP contribution in [0.4, 0.5) is 0 Å². The molecular formula is C12H12N4O2. The summed E-state index contributed by atoms with van der Waals surface area (Å²) in [6.07, 6.45) is 1.10. The highest BCUT2D eigenvalue weighted by atomic mass is 16.5. The summed E-state index contributed by atoms with van der Waals surface area (Å²) in [4.78, 5) is 8.27. The number of rotatable bonds is 4. The molecule has 6 nitrogen and oxygen atoms in total. The van der Waals surface area contributed by atoms with Crippen LogP contribution in [0.15, 0.2) is 22.9 Å². The maximum atomic E-state index is 9.46. The van der Waals surface area contributed by atoms with E-state index >= 15 is 0 Å². The lowest BCUT2D eigenvalue weighted by Crippen LogP contribution is -2.09. The Balaban J connectivity index is 2.13. The van der Waals surface area contributed by atoms with E-state index in [1.54, 1.807) is 6.20 Å². The van der Waals surface area contributed by atoms with Crippen LogP contribution in [0.25, 0.3) is 11.5 Å². The molecule has 2 rings (SSSR count). The summed E-state index contributed by atoms with van der Waals surface area (Å²) < 4.78 is 5.01. The highest BCUT2D eigenvalue weighted by Gasteiger charge is 2.13. The van der Waals surface area contributed by atoms with Crippen molar-refractivity contribution in [3.8, 4) is 17.6 Å². The lowest BCUT2D eigenvalue weighted by atomic mass is 10.2. The second kappa shape index (κ2) is 5.38. The van der Waals surface area contributed by atoms with Gasteiger partial charge in [0.05, 0.1) is 25.0 Å². The molecule has 6 heteroatoms. The molecule has 0 aromatic carbocycles. The summed E-state index contributed by atoms with van der Waals surface area (Å²) in [7, 11) is 0. The van der Waals surface area contributed by atoms with E-state index in [0.29, 0.717) is 17.4 Å². The van der Waals surface area contributed by atoms with Gasteiger partial charge in [-0.25, -0.2) is 0 Å².